The third-order valence-electron chi connectivity index (χ3n) is 3.37. The number of methoxy groups -OCH3 is 1. The Morgan fingerprint density at radius 3 is 1.80 bits per heavy atom. The summed E-state index contributed by atoms with van der Waals surface area (Å²) < 4.78 is 33.7. The Balaban J connectivity index is 3.02. The highest BCUT2D eigenvalue weighted by molar-refractivity contribution is 4.97. The van der Waals surface area contributed by atoms with Gasteiger partial charge in [0.15, 0.2) is 6.29 Å². The molecule has 0 unspecified atom stereocenters. The lowest BCUT2D eigenvalue weighted by Gasteiger charge is -2.44. The van der Waals surface area contributed by atoms with E-state index in [9.17, 15) is 0 Å². The van der Waals surface area contributed by atoms with Crippen LogP contribution in [-0.4, -0.2) is 70.9 Å². The molecule has 1 saturated heterocycles. The van der Waals surface area contributed by atoms with Gasteiger partial charge in [-0.05, 0) is 0 Å². The molecular formula is C19H22O6. The van der Waals surface area contributed by atoms with Crippen molar-refractivity contribution in [2.75, 3.05) is 40.1 Å². The predicted octanol–water partition coefficient (Wildman–Crippen LogP) is 0.0627. The zero-order valence-electron chi connectivity index (χ0n) is 14.2. The van der Waals surface area contributed by atoms with Crippen LogP contribution in [0, 0.1) is 49.4 Å². The molecule has 1 heterocycles. The van der Waals surface area contributed by atoms with Gasteiger partial charge in [0.2, 0.25) is 0 Å². The molecule has 6 nitrogen and oxygen atoms in total. The second kappa shape index (κ2) is 12.4. The van der Waals surface area contributed by atoms with Crippen molar-refractivity contribution in [1.29, 1.82) is 0 Å². The maximum Gasteiger partial charge on any atom is 0.186 e. The lowest BCUT2D eigenvalue weighted by Crippen LogP contribution is -2.61. The van der Waals surface area contributed by atoms with E-state index in [1.165, 1.54) is 7.11 Å². The molecule has 1 aliphatic rings. The van der Waals surface area contributed by atoms with E-state index in [0.717, 1.165) is 0 Å². The molecule has 0 aromatic rings. The Kier molecular flexibility index (Phi) is 10.4. The second-order valence-electron chi connectivity index (χ2n) is 4.94. The molecule has 0 N–H and O–H groups in total. The number of hydrogen-bond donors (Lipinski definition) is 0. The molecule has 5 atom stereocenters. The minimum atomic E-state index is -0.749. The van der Waals surface area contributed by atoms with E-state index >= 15 is 0 Å². The van der Waals surface area contributed by atoms with Crippen molar-refractivity contribution in [3.63, 3.8) is 0 Å². The van der Waals surface area contributed by atoms with Crippen LogP contribution in [0.25, 0.3) is 0 Å². The van der Waals surface area contributed by atoms with Crippen molar-refractivity contribution in [1.82, 2.24) is 0 Å². The van der Waals surface area contributed by atoms with Gasteiger partial charge in [-0.2, -0.15) is 0 Å². The molecule has 0 saturated carbocycles. The second-order valence-corrected chi connectivity index (χ2v) is 4.94. The summed E-state index contributed by atoms with van der Waals surface area (Å²) in [5.41, 5.74) is 0. The van der Waals surface area contributed by atoms with Crippen LogP contribution in [0.2, 0.25) is 0 Å². The first-order chi connectivity index (χ1) is 12.2. The van der Waals surface area contributed by atoms with Gasteiger partial charge >= 0.3 is 0 Å². The number of ether oxygens (including phenoxy) is 6. The number of hydrogen-bond acceptors (Lipinski definition) is 6. The summed E-state index contributed by atoms with van der Waals surface area (Å²) in [5.74, 6) is 9.61. The molecule has 6 heteroatoms. The van der Waals surface area contributed by atoms with E-state index in [-0.39, 0.29) is 33.0 Å². The molecule has 0 radical (unpaired) electrons. The third kappa shape index (κ3) is 6.43. The Hall–Kier alpha value is -2.00. The molecule has 0 aromatic carbocycles. The van der Waals surface area contributed by atoms with Crippen LogP contribution in [0.4, 0.5) is 0 Å². The summed E-state index contributed by atoms with van der Waals surface area (Å²) in [6.45, 7) is 0.438. The zero-order chi connectivity index (χ0) is 18.5. The summed E-state index contributed by atoms with van der Waals surface area (Å²) in [7, 11) is 1.48. The van der Waals surface area contributed by atoms with Crippen LogP contribution in [0.1, 0.15) is 0 Å². The van der Waals surface area contributed by atoms with Crippen molar-refractivity contribution in [2.45, 2.75) is 30.7 Å². The molecule has 25 heavy (non-hydrogen) atoms. The van der Waals surface area contributed by atoms with Gasteiger partial charge < -0.3 is 28.4 Å². The maximum absolute atomic E-state index is 5.88. The Morgan fingerprint density at radius 2 is 1.28 bits per heavy atom. The van der Waals surface area contributed by atoms with Crippen molar-refractivity contribution in [2.24, 2.45) is 0 Å². The van der Waals surface area contributed by atoms with E-state index < -0.39 is 30.7 Å². The van der Waals surface area contributed by atoms with Crippen molar-refractivity contribution in [3.05, 3.63) is 0 Å². The van der Waals surface area contributed by atoms with Crippen LogP contribution in [0.15, 0.2) is 0 Å². The van der Waals surface area contributed by atoms with Gasteiger partial charge in [-0.25, -0.2) is 0 Å². The van der Waals surface area contributed by atoms with Crippen LogP contribution in [-0.2, 0) is 28.4 Å². The summed E-state index contributed by atoms with van der Waals surface area (Å²) >= 11 is 0. The standard InChI is InChI=1S/C19H22O6/c1-6-10-21-14-15-16(22-11-7-2)17(23-12-8-3)18(24-13-9-4)19(20-5)25-15/h1-4,15-19H,10-14H2,5H3/t15-,16-,17+,18-,19+/m1/s1. The fraction of sp³-hybridized carbons (Fsp3) is 0.579. The molecule has 1 aliphatic heterocycles. The summed E-state index contributed by atoms with van der Waals surface area (Å²) in [6.07, 6.45) is 17.9. The van der Waals surface area contributed by atoms with Crippen molar-refractivity contribution >= 4 is 0 Å². The molecule has 0 aromatic heterocycles. The molecule has 1 fully saturated rings. The average molecular weight is 346 g/mol. The Labute approximate surface area is 149 Å². The monoisotopic (exact) mass is 346 g/mol. The van der Waals surface area contributed by atoms with Crippen LogP contribution in [0.3, 0.4) is 0 Å². The summed E-state index contributed by atoms with van der Waals surface area (Å²) in [4.78, 5) is 0. The fourth-order valence-corrected chi connectivity index (χ4v) is 2.44. The highest BCUT2D eigenvalue weighted by Crippen LogP contribution is 2.28. The normalized spacial score (nSPS) is 28.3. The first kappa shape index (κ1) is 21.0. The van der Waals surface area contributed by atoms with Crippen LogP contribution in [0.5, 0.6) is 0 Å². The van der Waals surface area contributed by atoms with Gasteiger partial charge in [-0.1, -0.05) is 23.7 Å². The lowest BCUT2D eigenvalue weighted by molar-refractivity contribution is -0.313. The SMILES string of the molecule is C#CCOC[C@H]1O[C@H](OC)[C@H](OCC#C)[C@@H](OCC#C)[C@@H]1OCC#C. The quantitative estimate of drug-likeness (QED) is 0.412. The van der Waals surface area contributed by atoms with Gasteiger partial charge in [-0.3, -0.25) is 0 Å². The lowest BCUT2D eigenvalue weighted by atomic mass is 9.98. The van der Waals surface area contributed by atoms with Crippen LogP contribution < -0.4 is 0 Å². The van der Waals surface area contributed by atoms with E-state index in [4.69, 9.17) is 54.1 Å². The van der Waals surface area contributed by atoms with E-state index in [1.807, 2.05) is 0 Å². The first-order valence-electron chi connectivity index (χ1n) is 7.58. The molecule has 0 spiro atoms. The summed E-state index contributed by atoms with van der Waals surface area (Å²) in [6, 6.07) is 0. The largest absolute Gasteiger partial charge is 0.366 e. The van der Waals surface area contributed by atoms with E-state index in [1.54, 1.807) is 0 Å². The van der Waals surface area contributed by atoms with Gasteiger partial charge in [0.05, 0.1) is 6.61 Å². The minimum Gasteiger partial charge on any atom is -0.366 e. The molecule has 0 amide bonds. The van der Waals surface area contributed by atoms with E-state index in [0.29, 0.717) is 0 Å². The maximum atomic E-state index is 5.88. The zero-order valence-corrected chi connectivity index (χ0v) is 14.2. The number of rotatable bonds is 10. The van der Waals surface area contributed by atoms with Crippen molar-refractivity contribution < 1.29 is 28.4 Å². The van der Waals surface area contributed by atoms with E-state index in [2.05, 4.69) is 23.7 Å². The molecule has 0 bridgehead atoms. The highest BCUT2D eigenvalue weighted by Gasteiger charge is 2.48. The first-order valence-corrected chi connectivity index (χ1v) is 7.58. The molecular weight excluding hydrogens is 324 g/mol. The smallest absolute Gasteiger partial charge is 0.186 e. The average Bonchev–Trinajstić information content (AvgIpc) is 2.63. The Morgan fingerprint density at radius 1 is 0.760 bits per heavy atom. The minimum absolute atomic E-state index is 0.0456. The number of terminal acetylenes is 4. The van der Waals surface area contributed by atoms with Gasteiger partial charge in [-0.15, -0.1) is 25.7 Å². The third-order valence-corrected chi connectivity index (χ3v) is 3.37. The molecule has 134 valence electrons. The van der Waals surface area contributed by atoms with Gasteiger partial charge in [0, 0.05) is 7.11 Å². The summed E-state index contributed by atoms with van der Waals surface area (Å²) in [5, 5.41) is 0. The Bertz CT molecular complexity index is 546. The van der Waals surface area contributed by atoms with Crippen molar-refractivity contribution in [3.8, 4) is 49.4 Å². The van der Waals surface area contributed by atoms with Gasteiger partial charge in [0.25, 0.3) is 0 Å². The predicted molar refractivity (Wildman–Crippen MR) is 91.0 cm³/mol. The fourth-order valence-electron chi connectivity index (χ4n) is 2.44. The van der Waals surface area contributed by atoms with Gasteiger partial charge in [0.1, 0.15) is 50.8 Å². The highest BCUT2D eigenvalue weighted by atomic mass is 16.7. The molecule has 1 rings (SSSR count). The molecule has 0 aliphatic carbocycles. The van der Waals surface area contributed by atoms with Crippen LogP contribution >= 0.6 is 0 Å². The topological polar surface area (TPSA) is 55.4 Å².